The highest BCUT2D eigenvalue weighted by atomic mass is 32.2. The molecule has 10 nitrogen and oxygen atoms in total. The van der Waals surface area contributed by atoms with Crippen LogP contribution in [0.5, 0.6) is 5.75 Å². The Morgan fingerprint density at radius 1 is 0.878 bits per heavy atom. The Labute approximate surface area is 279 Å². The molecule has 0 saturated carbocycles. The van der Waals surface area contributed by atoms with Crippen molar-refractivity contribution in [2.24, 2.45) is 0 Å². The zero-order valence-corrected chi connectivity index (χ0v) is 26.7. The maximum absolute atomic E-state index is 14.4. The minimum Gasteiger partial charge on any atom is -0.406 e. The predicted octanol–water partition coefficient (Wildman–Crippen LogP) is 5.12. The number of hydrogen-bond acceptors (Lipinski definition) is 8. The summed E-state index contributed by atoms with van der Waals surface area (Å²) >= 11 is 0. The zero-order valence-electron chi connectivity index (χ0n) is 25.9. The Bertz CT molecular complexity index is 1900. The summed E-state index contributed by atoms with van der Waals surface area (Å²) in [7, 11) is -4.07. The van der Waals surface area contributed by atoms with E-state index in [0.717, 1.165) is 40.7 Å². The van der Waals surface area contributed by atoms with E-state index in [2.05, 4.69) is 20.0 Å². The van der Waals surface area contributed by atoms with Crippen LogP contribution in [0.4, 0.5) is 33.6 Å². The van der Waals surface area contributed by atoms with Gasteiger partial charge in [-0.1, -0.05) is 12.1 Å². The largest absolute Gasteiger partial charge is 0.573 e. The molecule has 0 aliphatic carbocycles. The molecular formula is C33H31F5N6O4S. The van der Waals surface area contributed by atoms with Crippen molar-refractivity contribution in [3.8, 4) is 17.0 Å². The lowest BCUT2D eigenvalue weighted by Crippen LogP contribution is -2.47. The summed E-state index contributed by atoms with van der Waals surface area (Å²) in [5, 5.41) is 2.77. The summed E-state index contributed by atoms with van der Waals surface area (Å²) in [5.74, 6) is -1.57. The normalized spacial score (nSPS) is 17.3. The lowest BCUT2D eigenvalue weighted by Gasteiger charge is -2.36. The Kier molecular flexibility index (Phi) is 9.70. The molecule has 0 unspecified atom stereocenters. The lowest BCUT2D eigenvalue weighted by molar-refractivity contribution is -0.274. The first-order valence-electron chi connectivity index (χ1n) is 15.4. The van der Waals surface area contributed by atoms with Gasteiger partial charge in [0.25, 0.3) is 0 Å². The fourth-order valence-electron chi connectivity index (χ4n) is 5.87. The second-order valence-corrected chi connectivity index (χ2v) is 13.4. The van der Waals surface area contributed by atoms with E-state index in [1.165, 1.54) is 18.2 Å². The highest BCUT2D eigenvalue weighted by Gasteiger charge is 2.39. The van der Waals surface area contributed by atoms with E-state index in [4.69, 9.17) is 0 Å². The van der Waals surface area contributed by atoms with Gasteiger partial charge in [-0.3, -0.25) is 4.79 Å². The fourth-order valence-corrected chi connectivity index (χ4v) is 7.53. The molecule has 1 amide bonds. The van der Waals surface area contributed by atoms with Gasteiger partial charge in [0.1, 0.15) is 23.4 Å². The third-order valence-corrected chi connectivity index (χ3v) is 10.2. The van der Waals surface area contributed by atoms with Crippen LogP contribution in [0.1, 0.15) is 18.5 Å². The molecule has 1 N–H and O–H groups in total. The molecule has 2 aliphatic heterocycles. The van der Waals surface area contributed by atoms with E-state index < -0.39 is 39.9 Å². The Morgan fingerprint density at radius 3 is 2.22 bits per heavy atom. The summed E-state index contributed by atoms with van der Waals surface area (Å²) < 4.78 is 97.7. The number of ether oxygens (including phenoxy) is 1. The molecule has 0 spiro atoms. The van der Waals surface area contributed by atoms with Crippen LogP contribution in [-0.4, -0.2) is 73.7 Å². The van der Waals surface area contributed by atoms with Crippen molar-refractivity contribution in [1.29, 1.82) is 0 Å². The van der Waals surface area contributed by atoms with E-state index in [0.29, 0.717) is 61.2 Å². The van der Waals surface area contributed by atoms with Crippen LogP contribution in [0.2, 0.25) is 0 Å². The van der Waals surface area contributed by atoms with Gasteiger partial charge in [-0.25, -0.2) is 27.2 Å². The van der Waals surface area contributed by atoms with Crippen molar-refractivity contribution in [2.75, 3.05) is 42.5 Å². The molecule has 6 rings (SSSR count). The minimum absolute atomic E-state index is 0.104. The molecule has 2 aliphatic rings. The Balaban J connectivity index is 1.22. The summed E-state index contributed by atoms with van der Waals surface area (Å²) in [6.07, 6.45) is -4.12. The number of piperazine rings is 1. The van der Waals surface area contributed by atoms with Crippen LogP contribution in [0.15, 0.2) is 83.8 Å². The molecule has 0 radical (unpaired) electrons. The molecule has 3 heterocycles. The molecular weight excluding hydrogens is 671 g/mol. The molecule has 0 bridgehead atoms. The SMILES string of the molecule is O=C(NCc1cc(-c2ccc(OC(F)(F)F)cc2)nc(N2CCN(c3ccccc3F)CC2)n1)[C@@H]1CCCN1S(=O)(=O)c1ccc(F)cc1. The number of anilines is 2. The number of carbonyl (C=O) groups is 1. The van der Waals surface area contributed by atoms with Crippen molar-refractivity contribution >= 4 is 27.6 Å². The van der Waals surface area contributed by atoms with Gasteiger partial charge in [0.2, 0.25) is 21.9 Å². The fraction of sp³-hybridized carbons (Fsp3) is 0.303. The molecule has 1 atom stereocenters. The number of alkyl halides is 3. The van der Waals surface area contributed by atoms with E-state index in [1.807, 2.05) is 9.80 Å². The van der Waals surface area contributed by atoms with Crippen molar-refractivity contribution in [3.05, 3.63) is 96.2 Å². The summed E-state index contributed by atoms with van der Waals surface area (Å²) in [5.41, 5.74) is 1.67. The molecule has 258 valence electrons. The number of amides is 1. The molecule has 16 heteroatoms. The number of sulfonamides is 1. The highest BCUT2D eigenvalue weighted by molar-refractivity contribution is 7.89. The first kappa shape index (κ1) is 34.0. The van der Waals surface area contributed by atoms with Gasteiger partial charge in [-0.2, -0.15) is 4.31 Å². The van der Waals surface area contributed by atoms with Gasteiger partial charge in [0.05, 0.1) is 28.5 Å². The van der Waals surface area contributed by atoms with Crippen LogP contribution in [0.25, 0.3) is 11.3 Å². The number of hydrogen-bond donors (Lipinski definition) is 1. The number of rotatable bonds is 9. The summed E-state index contributed by atoms with van der Waals surface area (Å²) in [6, 6.07) is 16.6. The Morgan fingerprint density at radius 2 is 1.55 bits per heavy atom. The van der Waals surface area contributed by atoms with Gasteiger partial charge in [-0.05, 0) is 79.6 Å². The monoisotopic (exact) mass is 702 g/mol. The highest BCUT2D eigenvalue weighted by Crippen LogP contribution is 2.29. The van der Waals surface area contributed by atoms with Gasteiger partial charge in [-0.15, -0.1) is 13.2 Å². The molecule has 2 saturated heterocycles. The number of carbonyl (C=O) groups excluding carboxylic acids is 1. The van der Waals surface area contributed by atoms with Gasteiger partial charge in [0.15, 0.2) is 0 Å². The van der Waals surface area contributed by atoms with Gasteiger partial charge in [0, 0.05) is 38.3 Å². The lowest BCUT2D eigenvalue weighted by atomic mass is 10.1. The number of aromatic nitrogens is 2. The van der Waals surface area contributed by atoms with Crippen molar-refractivity contribution in [1.82, 2.24) is 19.6 Å². The standard InChI is InChI=1S/C33H31F5N6O4S/c34-23-9-13-26(14-10-23)49(46,47)44-15-3-6-30(44)31(45)39-21-24-20-28(22-7-11-25(12-8-22)48-33(36,37)38)41-32(40-24)43-18-16-42(17-19-43)29-5-2-1-4-27(29)35/h1-2,4-5,7-14,20,30H,3,6,15-19,21H2,(H,39,45)/t30-/m0/s1. The number of nitrogens with zero attached hydrogens (tertiary/aromatic N) is 5. The smallest absolute Gasteiger partial charge is 0.406 e. The molecule has 2 fully saturated rings. The average Bonchev–Trinajstić information content (AvgIpc) is 3.59. The van der Waals surface area contributed by atoms with Crippen LogP contribution < -0.4 is 19.9 Å². The van der Waals surface area contributed by atoms with Crippen molar-refractivity contribution < 1.29 is 39.9 Å². The predicted molar refractivity (Wildman–Crippen MR) is 170 cm³/mol. The average molecular weight is 703 g/mol. The number of benzene rings is 3. The summed E-state index contributed by atoms with van der Waals surface area (Å²) in [6.45, 7) is 1.80. The van der Waals surface area contributed by atoms with E-state index >= 15 is 0 Å². The van der Waals surface area contributed by atoms with Crippen LogP contribution >= 0.6 is 0 Å². The first-order chi connectivity index (χ1) is 23.4. The zero-order chi connectivity index (χ0) is 34.8. The van der Waals surface area contributed by atoms with Crippen LogP contribution in [-0.2, 0) is 21.4 Å². The van der Waals surface area contributed by atoms with Crippen molar-refractivity contribution in [2.45, 2.75) is 36.7 Å². The molecule has 49 heavy (non-hydrogen) atoms. The third-order valence-electron chi connectivity index (χ3n) is 8.28. The second-order valence-electron chi connectivity index (χ2n) is 11.5. The molecule has 1 aromatic heterocycles. The van der Waals surface area contributed by atoms with E-state index in [9.17, 15) is 35.2 Å². The van der Waals surface area contributed by atoms with E-state index in [-0.39, 0.29) is 30.2 Å². The maximum Gasteiger partial charge on any atom is 0.573 e. The number of nitrogens with one attached hydrogen (secondary N) is 1. The van der Waals surface area contributed by atoms with Crippen LogP contribution in [0.3, 0.4) is 0 Å². The molecule has 3 aromatic carbocycles. The topological polar surface area (TPSA) is 108 Å². The number of para-hydroxylation sites is 1. The van der Waals surface area contributed by atoms with E-state index in [1.54, 1.807) is 24.3 Å². The quantitative estimate of drug-likeness (QED) is 0.240. The molecule has 4 aromatic rings. The first-order valence-corrected chi connectivity index (χ1v) is 16.8. The number of halogens is 5. The van der Waals surface area contributed by atoms with Gasteiger partial charge < -0.3 is 19.9 Å². The van der Waals surface area contributed by atoms with Crippen molar-refractivity contribution in [3.63, 3.8) is 0 Å². The van der Waals surface area contributed by atoms with Crippen LogP contribution in [0, 0.1) is 11.6 Å². The Hall–Kier alpha value is -4.83. The van der Waals surface area contributed by atoms with Gasteiger partial charge >= 0.3 is 6.36 Å². The minimum atomic E-state index is -4.85. The maximum atomic E-state index is 14.4. The second kappa shape index (κ2) is 14.0. The third kappa shape index (κ3) is 7.91. The summed E-state index contributed by atoms with van der Waals surface area (Å²) in [4.78, 5) is 26.4.